The summed E-state index contributed by atoms with van der Waals surface area (Å²) in [6.07, 6.45) is 0.603. The Morgan fingerprint density at radius 2 is 1.66 bits per heavy atom. The quantitative estimate of drug-likeness (QED) is 0.741. The van der Waals surface area contributed by atoms with Gasteiger partial charge in [-0.1, -0.05) is 0 Å². The van der Waals surface area contributed by atoms with Crippen LogP contribution in [0.25, 0.3) is 0 Å². The van der Waals surface area contributed by atoms with E-state index in [1.54, 1.807) is 9.80 Å². The van der Waals surface area contributed by atoms with Gasteiger partial charge in [0.25, 0.3) is 0 Å². The lowest BCUT2D eigenvalue weighted by Crippen LogP contribution is -2.55. The van der Waals surface area contributed by atoms with Gasteiger partial charge in [-0.25, -0.2) is 17.6 Å². The third-order valence-corrected chi connectivity index (χ3v) is 7.38. The lowest BCUT2D eigenvalue weighted by Gasteiger charge is -2.38. The van der Waals surface area contributed by atoms with Crippen molar-refractivity contribution in [3.05, 3.63) is 23.5 Å². The third-order valence-electron chi connectivity index (χ3n) is 5.46. The molecule has 11 heteroatoms. The standard InChI is InChI=1S/C18H23FN4O5S/c19-14-12-15-13(1-2-17(24)20-15)11-16(14)29(26,27)23-5-3-21(4-6-23)18(25)22-7-9-28-10-8-22/h11-12H,1-10H2,(H,20,24). The zero-order valence-corrected chi connectivity index (χ0v) is 16.7. The summed E-state index contributed by atoms with van der Waals surface area (Å²) in [5.74, 6) is -1.11. The Hall–Kier alpha value is -2.24. The van der Waals surface area contributed by atoms with Crippen LogP contribution in [0.5, 0.6) is 0 Å². The minimum atomic E-state index is -4.04. The van der Waals surface area contributed by atoms with E-state index in [0.717, 1.165) is 6.07 Å². The van der Waals surface area contributed by atoms with Gasteiger partial charge in [0.2, 0.25) is 15.9 Å². The number of aryl methyl sites for hydroxylation is 1. The molecule has 3 aliphatic heterocycles. The maximum absolute atomic E-state index is 14.6. The third kappa shape index (κ3) is 3.94. The summed E-state index contributed by atoms with van der Waals surface area (Å²) in [6, 6.07) is 2.25. The number of anilines is 1. The average Bonchev–Trinajstić information content (AvgIpc) is 2.73. The van der Waals surface area contributed by atoms with E-state index in [4.69, 9.17) is 4.74 Å². The first-order valence-electron chi connectivity index (χ1n) is 9.60. The van der Waals surface area contributed by atoms with Crippen molar-refractivity contribution in [2.75, 3.05) is 57.8 Å². The molecule has 0 spiro atoms. The van der Waals surface area contributed by atoms with Crippen LogP contribution in [0.1, 0.15) is 12.0 Å². The zero-order chi connectivity index (χ0) is 20.6. The second-order valence-electron chi connectivity index (χ2n) is 7.26. The van der Waals surface area contributed by atoms with Crippen LogP contribution in [0.2, 0.25) is 0 Å². The van der Waals surface area contributed by atoms with Gasteiger partial charge in [0.1, 0.15) is 10.7 Å². The highest BCUT2D eigenvalue weighted by molar-refractivity contribution is 7.89. The summed E-state index contributed by atoms with van der Waals surface area (Å²) >= 11 is 0. The van der Waals surface area contributed by atoms with Crippen LogP contribution in [0.4, 0.5) is 14.9 Å². The highest BCUT2D eigenvalue weighted by Crippen LogP contribution is 2.30. The molecule has 0 bridgehead atoms. The van der Waals surface area contributed by atoms with Crippen molar-refractivity contribution in [1.82, 2.24) is 14.1 Å². The molecule has 29 heavy (non-hydrogen) atoms. The number of halogens is 1. The number of morpholine rings is 1. The van der Waals surface area contributed by atoms with Gasteiger partial charge < -0.3 is 19.9 Å². The highest BCUT2D eigenvalue weighted by Gasteiger charge is 2.34. The first kappa shape index (κ1) is 20.0. The molecule has 0 atom stereocenters. The predicted molar refractivity (Wildman–Crippen MR) is 101 cm³/mol. The average molecular weight is 426 g/mol. The maximum Gasteiger partial charge on any atom is 0.320 e. The molecule has 3 aliphatic rings. The predicted octanol–water partition coefficient (Wildman–Crippen LogP) is 0.469. The number of hydrogen-bond acceptors (Lipinski definition) is 5. The Morgan fingerprint density at radius 3 is 2.34 bits per heavy atom. The van der Waals surface area contributed by atoms with E-state index < -0.39 is 15.8 Å². The number of nitrogens with zero attached hydrogens (tertiary/aromatic N) is 3. The number of carbonyl (C=O) groups is 2. The van der Waals surface area contributed by atoms with E-state index in [1.807, 2.05) is 0 Å². The van der Waals surface area contributed by atoms with E-state index in [1.165, 1.54) is 10.4 Å². The fraction of sp³-hybridized carbons (Fsp3) is 0.556. The number of nitrogens with one attached hydrogen (secondary N) is 1. The Morgan fingerprint density at radius 1 is 1.00 bits per heavy atom. The molecule has 0 saturated carbocycles. The largest absolute Gasteiger partial charge is 0.378 e. The molecule has 1 aromatic carbocycles. The Balaban J connectivity index is 1.46. The summed E-state index contributed by atoms with van der Waals surface area (Å²) in [6.45, 7) is 2.74. The molecule has 158 valence electrons. The second kappa shape index (κ2) is 7.88. The molecular formula is C18H23FN4O5S. The van der Waals surface area contributed by atoms with Gasteiger partial charge >= 0.3 is 6.03 Å². The minimum absolute atomic E-state index is 0.103. The SMILES string of the molecule is O=C1CCc2cc(S(=O)(=O)N3CCN(C(=O)N4CCOCC4)CC3)c(F)cc2N1. The molecule has 4 rings (SSSR count). The van der Waals surface area contributed by atoms with Crippen molar-refractivity contribution in [1.29, 1.82) is 0 Å². The van der Waals surface area contributed by atoms with Crippen LogP contribution >= 0.6 is 0 Å². The molecule has 0 aromatic heterocycles. The molecule has 2 fully saturated rings. The van der Waals surface area contributed by atoms with Gasteiger partial charge in [0.05, 0.1) is 13.2 Å². The minimum Gasteiger partial charge on any atom is -0.378 e. The van der Waals surface area contributed by atoms with Crippen molar-refractivity contribution in [3.8, 4) is 0 Å². The number of urea groups is 1. The summed E-state index contributed by atoms with van der Waals surface area (Å²) in [5, 5.41) is 2.56. The smallest absolute Gasteiger partial charge is 0.320 e. The number of rotatable bonds is 2. The van der Waals surface area contributed by atoms with Crippen molar-refractivity contribution < 1.29 is 27.1 Å². The molecule has 1 aromatic rings. The molecule has 2 saturated heterocycles. The molecule has 0 aliphatic carbocycles. The molecule has 0 unspecified atom stereocenters. The van der Waals surface area contributed by atoms with Crippen LogP contribution in [0.15, 0.2) is 17.0 Å². The highest BCUT2D eigenvalue weighted by atomic mass is 32.2. The maximum atomic E-state index is 14.6. The van der Waals surface area contributed by atoms with E-state index in [9.17, 15) is 22.4 Å². The van der Waals surface area contributed by atoms with Crippen LogP contribution in [0.3, 0.4) is 0 Å². The van der Waals surface area contributed by atoms with Crippen LogP contribution < -0.4 is 5.32 Å². The normalized spacial score (nSPS) is 20.9. The summed E-state index contributed by atoms with van der Waals surface area (Å²) in [5.41, 5.74) is 0.921. The van der Waals surface area contributed by atoms with E-state index in [-0.39, 0.29) is 49.4 Å². The summed E-state index contributed by atoms with van der Waals surface area (Å²) in [7, 11) is -4.04. The number of ether oxygens (including phenoxy) is 1. The van der Waals surface area contributed by atoms with Crippen molar-refractivity contribution in [3.63, 3.8) is 0 Å². The number of piperazine rings is 1. The summed E-state index contributed by atoms with van der Waals surface area (Å²) < 4.78 is 47.0. The van der Waals surface area contributed by atoms with Crippen molar-refractivity contribution in [2.24, 2.45) is 0 Å². The fourth-order valence-corrected chi connectivity index (χ4v) is 5.31. The Bertz CT molecular complexity index is 924. The van der Waals surface area contributed by atoms with Crippen LogP contribution in [0, 0.1) is 5.82 Å². The lowest BCUT2D eigenvalue weighted by atomic mass is 10.0. The van der Waals surface area contributed by atoms with Gasteiger partial charge in [0, 0.05) is 51.4 Å². The number of amides is 3. The van der Waals surface area contributed by atoms with Crippen molar-refractivity contribution >= 4 is 27.6 Å². The number of carbonyl (C=O) groups excluding carboxylic acids is 2. The van der Waals surface area contributed by atoms with Gasteiger partial charge in [-0.05, 0) is 24.1 Å². The Labute approximate surface area is 168 Å². The lowest BCUT2D eigenvalue weighted by molar-refractivity contribution is -0.116. The zero-order valence-electron chi connectivity index (χ0n) is 15.9. The first-order chi connectivity index (χ1) is 13.9. The molecule has 0 radical (unpaired) electrons. The van der Waals surface area contributed by atoms with Crippen LogP contribution in [-0.2, 0) is 26.0 Å². The Kier molecular flexibility index (Phi) is 5.45. The number of benzene rings is 1. The monoisotopic (exact) mass is 426 g/mol. The van der Waals surface area contributed by atoms with E-state index in [0.29, 0.717) is 44.0 Å². The number of sulfonamides is 1. The van der Waals surface area contributed by atoms with Gasteiger partial charge in [0.15, 0.2) is 0 Å². The number of fused-ring (bicyclic) bond motifs is 1. The van der Waals surface area contributed by atoms with Crippen LogP contribution in [-0.4, -0.2) is 86.9 Å². The fourth-order valence-electron chi connectivity index (χ4n) is 3.79. The molecule has 9 nitrogen and oxygen atoms in total. The van der Waals surface area contributed by atoms with E-state index >= 15 is 0 Å². The van der Waals surface area contributed by atoms with Gasteiger partial charge in [-0.2, -0.15) is 4.31 Å². The van der Waals surface area contributed by atoms with E-state index in [2.05, 4.69) is 5.32 Å². The van der Waals surface area contributed by atoms with Gasteiger partial charge in [-0.3, -0.25) is 4.79 Å². The first-order valence-corrected chi connectivity index (χ1v) is 11.0. The topological polar surface area (TPSA) is 99.3 Å². The molecular weight excluding hydrogens is 403 g/mol. The van der Waals surface area contributed by atoms with Crippen molar-refractivity contribution in [2.45, 2.75) is 17.7 Å². The molecule has 3 amide bonds. The summed E-state index contributed by atoms with van der Waals surface area (Å²) in [4.78, 5) is 27.0. The molecule has 3 heterocycles. The van der Waals surface area contributed by atoms with Gasteiger partial charge in [-0.15, -0.1) is 0 Å². The molecule has 1 N–H and O–H groups in total. The second-order valence-corrected chi connectivity index (χ2v) is 9.17. The number of hydrogen-bond donors (Lipinski definition) is 1.